The smallest absolute Gasteiger partial charge is 0.383 e. The van der Waals surface area contributed by atoms with Crippen LogP contribution in [0.3, 0.4) is 0 Å². The number of aliphatic hydroxyl groups is 1. The van der Waals surface area contributed by atoms with Crippen molar-refractivity contribution in [2.75, 3.05) is 26.3 Å². The molecule has 1 amide bonds. The van der Waals surface area contributed by atoms with Gasteiger partial charge in [0.1, 0.15) is 11.9 Å². The Labute approximate surface area is 149 Å². The minimum absolute atomic E-state index is 0.231. The number of ketones is 1. The minimum Gasteiger partial charge on any atom is -0.383 e. The van der Waals surface area contributed by atoms with Crippen LogP contribution in [0.1, 0.15) is 41.0 Å². The Morgan fingerprint density at radius 3 is 2.32 bits per heavy atom. The van der Waals surface area contributed by atoms with Gasteiger partial charge in [-0.2, -0.15) is 0 Å². The second-order valence-electron chi connectivity index (χ2n) is 6.44. The van der Waals surface area contributed by atoms with Crippen molar-refractivity contribution in [3.8, 4) is 0 Å². The van der Waals surface area contributed by atoms with Crippen LogP contribution in [-0.2, 0) is 23.2 Å². The molecule has 0 bridgehead atoms. The van der Waals surface area contributed by atoms with E-state index in [1.807, 2.05) is 6.92 Å². The Bertz CT molecular complexity index is 485. The Kier molecular flexibility index (Phi) is 10.6. The number of Topliss-reactive ketones (excluding diaryl/α,β-unsaturated/α-hetero) is 1. The van der Waals surface area contributed by atoms with E-state index in [1.54, 1.807) is 6.92 Å². The van der Waals surface area contributed by atoms with Crippen molar-refractivity contribution in [1.29, 1.82) is 0 Å². The summed E-state index contributed by atoms with van der Waals surface area (Å²) in [5.41, 5.74) is -1.11. The number of rotatable bonds is 13. The van der Waals surface area contributed by atoms with Crippen LogP contribution in [0.25, 0.3) is 0 Å². The molecular formula is C15H31N2O7P. The second-order valence-corrected chi connectivity index (χ2v) is 7.89. The zero-order valence-electron chi connectivity index (χ0n) is 15.6. The molecule has 0 aliphatic rings. The fourth-order valence-corrected chi connectivity index (χ4v) is 2.71. The highest BCUT2D eigenvalue weighted by atomic mass is 31.2. The number of carbonyl (C=O) groups is 2. The average Bonchev–Trinajstić information content (AvgIpc) is 2.53. The third kappa shape index (κ3) is 9.44. The highest BCUT2D eigenvalue weighted by Gasteiger charge is 2.37. The Balaban J connectivity index is 4.61. The van der Waals surface area contributed by atoms with Gasteiger partial charge in [0.2, 0.25) is 5.91 Å². The molecule has 148 valence electrons. The van der Waals surface area contributed by atoms with Crippen molar-refractivity contribution in [1.82, 2.24) is 10.6 Å². The van der Waals surface area contributed by atoms with Gasteiger partial charge in [0, 0.05) is 12.0 Å². The molecule has 0 aromatic heterocycles. The van der Waals surface area contributed by atoms with E-state index in [-0.39, 0.29) is 19.0 Å². The largest absolute Gasteiger partial charge is 0.472 e. The van der Waals surface area contributed by atoms with E-state index in [0.29, 0.717) is 13.1 Å². The first-order valence-electron chi connectivity index (χ1n) is 8.28. The summed E-state index contributed by atoms with van der Waals surface area (Å²) >= 11 is 0. The fraction of sp³-hybridized carbons (Fsp3) is 0.867. The summed E-state index contributed by atoms with van der Waals surface area (Å²) in [6, 6.07) is -0.715. The van der Waals surface area contributed by atoms with Gasteiger partial charge in [0.05, 0.1) is 19.3 Å². The lowest BCUT2D eigenvalue weighted by molar-refractivity contribution is -0.137. The molecule has 10 heteroatoms. The van der Waals surface area contributed by atoms with E-state index in [2.05, 4.69) is 10.6 Å². The number of amides is 1. The van der Waals surface area contributed by atoms with Crippen molar-refractivity contribution >= 4 is 19.5 Å². The van der Waals surface area contributed by atoms with Crippen molar-refractivity contribution < 1.29 is 33.2 Å². The van der Waals surface area contributed by atoms with Crippen LogP contribution in [0.5, 0.6) is 0 Å². The van der Waals surface area contributed by atoms with Crippen molar-refractivity contribution in [3.63, 3.8) is 0 Å². The molecule has 9 nitrogen and oxygen atoms in total. The van der Waals surface area contributed by atoms with Gasteiger partial charge in [-0.25, -0.2) is 4.57 Å². The molecule has 0 saturated heterocycles. The first-order chi connectivity index (χ1) is 11.5. The van der Waals surface area contributed by atoms with Crippen molar-refractivity contribution in [2.45, 2.75) is 53.2 Å². The van der Waals surface area contributed by atoms with Gasteiger partial charge < -0.3 is 20.6 Å². The van der Waals surface area contributed by atoms with Crippen molar-refractivity contribution in [2.24, 2.45) is 5.41 Å². The summed E-state index contributed by atoms with van der Waals surface area (Å²) in [6.45, 7) is 8.28. The number of hydrogen-bond acceptors (Lipinski definition) is 7. The highest BCUT2D eigenvalue weighted by molar-refractivity contribution is 7.47. The van der Waals surface area contributed by atoms with Crippen LogP contribution in [0.15, 0.2) is 0 Å². The van der Waals surface area contributed by atoms with E-state index in [1.165, 1.54) is 20.8 Å². The number of hydrogen-bond donors (Lipinski definition) is 4. The third-order valence-electron chi connectivity index (χ3n) is 3.48. The maximum Gasteiger partial charge on any atom is 0.472 e. The maximum atomic E-state index is 11.9. The standard InChI is InChI=1S/C15H31N2O7P/c1-6-8-17-14(20)13(19)15(4,5)10-24-25(21,22)23-9-12(11(3)18)16-7-2/h12-13,16,19H,6-10H2,1-5H3,(H,17,20)(H,21,22). The molecular weight excluding hydrogens is 351 g/mol. The highest BCUT2D eigenvalue weighted by Crippen LogP contribution is 2.45. The molecule has 25 heavy (non-hydrogen) atoms. The lowest BCUT2D eigenvalue weighted by Gasteiger charge is -2.30. The van der Waals surface area contributed by atoms with Gasteiger partial charge in [-0.15, -0.1) is 0 Å². The van der Waals surface area contributed by atoms with Gasteiger partial charge >= 0.3 is 7.82 Å². The minimum atomic E-state index is -4.43. The molecule has 3 atom stereocenters. The van der Waals surface area contributed by atoms with Crippen LogP contribution in [0, 0.1) is 5.41 Å². The lowest BCUT2D eigenvalue weighted by atomic mass is 9.87. The maximum absolute atomic E-state index is 11.9. The number of nitrogens with one attached hydrogen (secondary N) is 2. The first kappa shape index (κ1) is 24.2. The molecule has 0 aliphatic heterocycles. The number of phosphoric ester groups is 1. The summed E-state index contributed by atoms with van der Waals surface area (Å²) < 4.78 is 21.7. The predicted octanol–water partition coefficient (Wildman–Crippen LogP) is 0.600. The van der Waals surface area contributed by atoms with Crippen LogP contribution < -0.4 is 10.6 Å². The molecule has 0 fully saturated rings. The molecule has 0 aromatic rings. The van der Waals surface area contributed by atoms with Gasteiger partial charge in [0.25, 0.3) is 0 Å². The number of aliphatic hydroxyl groups excluding tert-OH is 1. The molecule has 0 spiro atoms. The second kappa shape index (κ2) is 11.0. The SMILES string of the molecule is CCCNC(=O)C(O)C(C)(C)COP(=O)(O)OCC(NCC)C(C)=O. The third-order valence-corrected chi connectivity index (χ3v) is 4.41. The molecule has 4 N–H and O–H groups in total. The first-order valence-corrected chi connectivity index (χ1v) is 9.77. The van der Waals surface area contributed by atoms with E-state index in [0.717, 1.165) is 6.42 Å². The number of likely N-dealkylation sites (N-methyl/N-ethyl adjacent to an activating group) is 1. The van der Waals surface area contributed by atoms with E-state index >= 15 is 0 Å². The average molecular weight is 382 g/mol. The Morgan fingerprint density at radius 2 is 1.84 bits per heavy atom. The number of carbonyl (C=O) groups excluding carboxylic acids is 2. The molecule has 3 unspecified atom stereocenters. The van der Waals surface area contributed by atoms with Gasteiger partial charge in [0.15, 0.2) is 0 Å². The van der Waals surface area contributed by atoms with Crippen LogP contribution >= 0.6 is 7.82 Å². The molecule has 0 rings (SSSR count). The van der Waals surface area contributed by atoms with Gasteiger partial charge in [-0.05, 0) is 19.9 Å². The topological polar surface area (TPSA) is 134 Å². The molecule has 0 radical (unpaired) electrons. The quantitative estimate of drug-likeness (QED) is 0.340. The Morgan fingerprint density at radius 1 is 1.24 bits per heavy atom. The summed E-state index contributed by atoms with van der Waals surface area (Å²) in [4.78, 5) is 32.9. The summed E-state index contributed by atoms with van der Waals surface area (Å²) in [7, 11) is -4.43. The zero-order chi connectivity index (χ0) is 19.7. The summed E-state index contributed by atoms with van der Waals surface area (Å²) in [6.07, 6.45) is -0.691. The monoisotopic (exact) mass is 382 g/mol. The summed E-state index contributed by atoms with van der Waals surface area (Å²) in [5.74, 6) is -0.807. The predicted molar refractivity (Wildman–Crippen MR) is 93.0 cm³/mol. The molecule has 0 heterocycles. The van der Waals surface area contributed by atoms with Crippen molar-refractivity contribution in [3.05, 3.63) is 0 Å². The zero-order valence-corrected chi connectivity index (χ0v) is 16.5. The van der Waals surface area contributed by atoms with Gasteiger partial charge in [-0.3, -0.25) is 18.6 Å². The van der Waals surface area contributed by atoms with Gasteiger partial charge in [-0.1, -0.05) is 27.7 Å². The fourth-order valence-electron chi connectivity index (χ4n) is 1.80. The van der Waals surface area contributed by atoms with E-state index in [9.17, 15) is 24.2 Å². The Hall–Kier alpha value is -0.830. The molecule has 0 aliphatic carbocycles. The van der Waals surface area contributed by atoms with Crippen LogP contribution in [0.2, 0.25) is 0 Å². The normalized spacial score (nSPS) is 16.8. The lowest BCUT2D eigenvalue weighted by Crippen LogP contribution is -2.46. The van der Waals surface area contributed by atoms with Crippen LogP contribution in [-0.4, -0.2) is 60.1 Å². The molecule has 0 aromatic carbocycles. The van der Waals surface area contributed by atoms with E-state index < -0.39 is 31.3 Å². The molecule has 0 saturated carbocycles. The van der Waals surface area contributed by atoms with E-state index in [4.69, 9.17) is 9.05 Å². The number of phosphoric acid groups is 1. The summed E-state index contributed by atoms with van der Waals surface area (Å²) in [5, 5.41) is 15.4. The van der Waals surface area contributed by atoms with Crippen LogP contribution in [0.4, 0.5) is 0 Å².